The molecule has 0 aliphatic heterocycles. The Labute approximate surface area is 154 Å². The van der Waals surface area contributed by atoms with Gasteiger partial charge in [0.25, 0.3) is 0 Å². The summed E-state index contributed by atoms with van der Waals surface area (Å²) in [6.45, 7) is 5.46. The highest BCUT2D eigenvalue weighted by atomic mass is 35.5. The molecule has 1 fully saturated rings. The van der Waals surface area contributed by atoms with Gasteiger partial charge in [-0.3, -0.25) is 0 Å². The number of likely N-dealkylation sites (N-methyl/N-ethyl adjacent to an activating group) is 1. The highest BCUT2D eigenvalue weighted by Gasteiger charge is 2.25. The second-order valence-electron chi connectivity index (χ2n) is 7.89. The molecule has 0 bridgehead atoms. The number of rotatable bonds is 7. The summed E-state index contributed by atoms with van der Waals surface area (Å²) in [6, 6.07) is 8.87. The third-order valence-electron chi connectivity index (χ3n) is 5.47. The quantitative estimate of drug-likeness (QED) is 0.738. The van der Waals surface area contributed by atoms with E-state index in [1.54, 1.807) is 0 Å². The van der Waals surface area contributed by atoms with Crippen LogP contribution in [0.5, 0.6) is 5.75 Å². The molecule has 1 saturated carbocycles. The van der Waals surface area contributed by atoms with E-state index in [0.717, 1.165) is 10.2 Å². The number of aliphatic hydroxyl groups is 1. The summed E-state index contributed by atoms with van der Waals surface area (Å²) < 4.78 is 6.82. The minimum Gasteiger partial charge on any atom is -1.00 e. The van der Waals surface area contributed by atoms with E-state index in [1.807, 2.05) is 6.07 Å². The Hall–Kier alpha value is -0.770. The number of quaternary nitrogens is 1. The summed E-state index contributed by atoms with van der Waals surface area (Å²) >= 11 is 0. The van der Waals surface area contributed by atoms with E-state index >= 15 is 0 Å². The average molecular weight is 356 g/mol. The molecule has 0 aromatic heterocycles. The first kappa shape index (κ1) is 21.3. The lowest BCUT2D eigenvalue weighted by atomic mass is 9.84. The molecule has 0 saturated heterocycles. The molecule has 1 unspecified atom stereocenters. The molecular weight excluding hydrogens is 322 g/mol. The van der Waals surface area contributed by atoms with Gasteiger partial charge in [-0.2, -0.15) is 0 Å². The van der Waals surface area contributed by atoms with E-state index in [9.17, 15) is 5.11 Å². The van der Waals surface area contributed by atoms with E-state index in [0.29, 0.717) is 25.1 Å². The maximum absolute atomic E-state index is 10.4. The van der Waals surface area contributed by atoms with Crippen molar-refractivity contribution in [3.63, 3.8) is 0 Å². The molecule has 4 heteroatoms. The molecule has 1 aromatic carbocycles. The molecule has 0 radical (unpaired) electrons. The minimum atomic E-state index is -0.438. The predicted molar refractivity (Wildman–Crippen MR) is 95.9 cm³/mol. The molecule has 138 valence electrons. The lowest BCUT2D eigenvalue weighted by Crippen LogP contribution is -3.00. The van der Waals surface area contributed by atoms with Gasteiger partial charge < -0.3 is 26.7 Å². The van der Waals surface area contributed by atoms with Crippen LogP contribution in [0.2, 0.25) is 0 Å². The van der Waals surface area contributed by atoms with Gasteiger partial charge in [-0.15, -0.1) is 0 Å². The number of halogens is 1. The van der Waals surface area contributed by atoms with Crippen molar-refractivity contribution in [2.75, 3.05) is 27.2 Å². The van der Waals surface area contributed by atoms with Gasteiger partial charge in [-0.1, -0.05) is 37.5 Å². The Bertz CT molecular complexity index is 484. The minimum absolute atomic E-state index is 0. The van der Waals surface area contributed by atoms with Crippen molar-refractivity contribution in [3.8, 4) is 5.75 Å². The average Bonchev–Trinajstić information content (AvgIpc) is 2.53. The van der Waals surface area contributed by atoms with Crippen LogP contribution in [0.25, 0.3) is 0 Å². The van der Waals surface area contributed by atoms with Crippen LogP contribution in [0.4, 0.5) is 0 Å². The fourth-order valence-corrected chi connectivity index (χ4v) is 3.36. The Kier molecular flexibility index (Phi) is 8.55. The fraction of sp³-hybridized carbons (Fsp3) is 0.700. The molecule has 1 aliphatic rings. The Morgan fingerprint density at radius 1 is 1.12 bits per heavy atom. The maximum atomic E-state index is 10.4. The molecule has 0 amide bonds. The Morgan fingerprint density at radius 3 is 2.38 bits per heavy atom. The van der Waals surface area contributed by atoms with Gasteiger partial charge >= 0.3 is 0 Å². The van der Waals surface area contributed by atoms with Crippen molar-refractivity contribution in [3.05, 3.63) is 29.8 Å². The standard InChI is InChI=1S/C20H34NO2.ClH/c1-16(2)21(3,4)14-18(22)15-23-20-13-9-8-12-19(20)17-10-6-5-7-11-17;/h8-9,12-13,16-18,22H,5-7,10-11,14-15H2,1-4H3;1H/q+1;/p-1. The molecule has 0 heterocycles. The smallest absolute Gasteiger partial charge is 0.137 e. The number of hydrogen-bond donors (Lipinski definition) is 1. The summed E-state index contributed by atoms with van der Waals surface area (Å²) in [7, 11) is 4.31. The number of aliphatic hydroxyl groups excluding tert-OH is 1. The zero-order chi connectivity index (χ0) is 16.9. The molecule has 1 N–H and O–H groups in total. The summed E-state index contributed by atoms with van der Waals surface area (Å²) in [5, 5.41) is 10.4. The number of ether oxygens (including phenoxy) is 1. The maximum Gasteiger partial charge on any atom is 0.137 e. The normalized spacial score (nSPS) is 17.4. The first-order valence-electron chi connectivity index (χ1n) is 9.12. The number of nitrogens with zero attached hydrogens (tertiary/aromatic N) is 1. The zero-order valence-corrected chi connectivity index (χ0v) is 16.4. The molecule has 24 heavy (non-hydrogen) atoms. The number of benzene rings is 1. The van der Waals surface area contributed by atoms with Crippen LogP contribution in [-0.2, 0) is 0 Å². The van der Waals surface area contributed by atoms with Crippen LogP contribution >= 0.6 is 0 Å². The zero-order valence-electron chi connectivity index (χ0n) is 15.7. The van der Waals surface area contributed by atoms with Gasteiger partial charge in [-0.25, -0.2) is 0 Å². The van der Waals surface area contributed by atoms with E-state index < -0.39 is 6.10 Å². The number of para-hydroxylation sites is 1. The Morgan fingerprint density at radius 2 is 1.75 bits per heavy atom. The first-order valence-corrected chi connectivity index (χ1v) is 9.12. The monoisotopic (exact) mass is 355 g/mol. The third-order valence-corrected chi connectivity index (χ3v) is 5.47. The predicted octanol–water partition coefficient (Wildman–Crippen LogP) is 0.963. The van der Waals surface area contributed by atoms with Gasteiger partial charge in [-0.05, 0) is 44.2 Å². The summed E-state index contributed by atoms with van der Waals surface area (Å²) in [6.07, 6.45) is 6.09. The molecule has 1 aliphatic carbocycles. The lowest BCUT2D eigenvalue weighted by Gasteiger charge is -2.35. The van der Waals surface area contributed by atoms with Crippen molar-refractivity contribution < 1.29 is 26.7 Å². The van der Waals surface area contributed by atoms with Crippen molar-refractivity contribution in [1.82, 2.24) is 0 Å². The van der Waals surface area contributed by atoms with Crippen LogP contribution in [0, 0.1) is 0 Å². The van der Waals surface area contributed by atoms with Crippen molar-refractivity contribution in [2.24, 2.45) is 0 Å². The summed E-state index contributed by atoms with van der Waals surface area (Å²) in [4.78, 5) is 0. The summed E-state index contributed by atoms with van der Waals surface area (Å²) in [5.74, 6) is 1.59. The SMILES string of the molecule is CC(C)[N+](C)(C)CC(O)COc1ccccc1C1CCCCC1.[Cl-]. The lowest BCUT2D eigenvalue weighted by molar-refractivity contribution is -0.914. The van der Waals surface area contributed by atoms with Crippen LogP contribution in [0.1, 0.15) is 57.4 Å². The molecule has 3 nitrogen and oxygen atoms in total. The van der Waals surface area contributed by atoms with E-state index in [1.165, 1.54) is 37.7 Å². The van der Waals surface area contributed by atoms with Crippen molar-refractivity contribution in [2.45, 2.75) is 64.0 Å². The molecule has 0 spiro atoms. The largest absolute Gasteiger partial charge is 1.00 e. The van der Waals surface area contributed by atoms with Gasteiger partial charge in [0, 0.05) is 0 Å². The molecule has 2 rings (SSSR count). The second kappa shape index (κ2) is 9.65. The van der Waals surface area contributed by atoms with Gasteiger partial charge in [0.05, 0.1) is 20.1 Å². The first-order chi connectivity index (χ1) is 10.9. The topological polar surface area (TPSA) is 29.5 Å². The van der Waals surface area contributed by atoms with Crippen molar-refractivity contribution in [1.29, 1.82) is 0 Å². The summed E-state index contributed by atoms with van der Waals surface area (Å²) in [5.41, 5.74) is 1.33. The Balaban J connectivity index is 0.00000288. The molecular formula is C20H34ClNO2. The second-order valence-corrected chi connectivity index (χ2v) is 7.89. The van der Waals surface area contributed by atoms with Crippen LogP contribution < -0.4 is 17.1 Å². The number of hydrogen-bond acceptors (Lipinski definition) is 2. The van der Waals surface area contributed by atoms with Crippen LogP contribution in [0.3, 0.4) is 0 Å². The van der Waals surface area contributed by atoms with Gasteiger partial charge in [0.1, 0.15) is 25.0 Å². The van der Waals surface area contributed by atoms with Crippen LogP contribution in [-0.4, -0.2) is 49.0 Å². The van der Waals surface area contributed by atoms with E-state index in [4.69, 9.17) is 4.74 Å². The van der Waals surface area contributed by atoms with Gasteiger partial charge in [0.15, 0.2) is 0 Å². The van der Waals surface area contributed by atoms with Crippen LogP contribution in [0.15, 0.2) is 24.3 Å². The third kappa shape index (κ3) is 5.94. The fourth-order valence-electron chi connectivity index (χ4n) is 3.36. The molecule has 1 atom stereocenters. The van der Waals surface area contributed by atoms with E-state index in [-0.39, 0.29) is 12.4 Å². The van der Waals surface area contributed by atoms with Crippen molar-refractivity contribution >= 4 is 0 Å². The van der Waals surface area contributed by atoms with Gasteiger partial charge in [0.2, 0.25) is 0 Å². The highest BCUT2D eigenvalue weighted by molar-refractivity contribution is 5.36. The molecule has 1 aromatic rings. The highest BCUT2D eigenvalue weighted by Crippen LogP contribution is 2.37. The van der Waals surface area contributed by atoms with E-state index in [2.05, 4.69) is 46.1 Å².